The van der Waals surface area contributed by atoms with Crippen molar-refractivity contribution in [2.45, 2.75) is 33.6 Å². The summed E-state index contributed by atoms with van der Waals surface area (Å²) in [4.78, 5) is 7.80. The van der Waals surface area contributed by atoms with Gasteiger partial charge in [-0.2, -0.15) is 0 Å². The first-order chi connectivity index (χ1) is 10.4. The number of nitrogens with zero attached hydrogens (tertiary/aromatic N) is 1. The van der Waals surface area contributed by atoms with E-state index in [2.05, 4.69) is 68.0 Å². The molecule has 114 valence electrons. The van der Waals surface area contributed by atoms with Crippen molar-refractivity contribution in [1.82, 2.24) is 9.97 Å². The number of pyridine rings is 1. The fourth-order valence-corrected chi connectivity index (χ4v) is 3.44. The van der Waals surface area contributed by atoms with E-state index < -0.39 is 0 Å². The maximum atomic E-state index is 5.96. The first-order valence-electron chi connectivity index (χ1n) is 7.56. The Balaban J connectivity index is 2.25. The SMILES string of the molecule is Cc1[nH]c2ccccc2c1C(c1ccc(Cl)nc1)C(C)(C)C. The van der Waals surface area contributed by atoms with Crippen LogP contribution in [0.5, 0.6) is 0 Å². The molecule has 2 heterocycles. The summed E-state index contributed by atoms with van der Waals surface area (Å²) < 4.78 is 0. The second kappa shape index (κ2) is 5.44. The molecule has 3 aromatic rings. The predicted octanol–water partition coefficient (Wildman–Crippen LogP) is 5.70. The second-order valence-corrected chi connectivity index (χ2v) is 7.31. The van der Waals surface area contributed by atoms with E-state index >= 15 is 0 Å². The molecule has 3 heteroatoms. The van der Waals surface area contributed by atoms with Gasteiger partial charge in [0.1, 0.15) is 5.15 Å². The summed E-state index contributed by atoms with van der Waals surface area (Å²) in [5.74, 6) is 0.258. The van der Waals surface area contributed by atoms with Crippen LogP contribution in [0.4, 0.5) is 0 Å². The summed E-state index contributed by atoms with van der Waals surface area (Å²) in [5.41, 5.74) is 5.03. The van der Waals surface area contributed by atoms with Crippen molar-refractivity contribution in [2.24, 2.45) is 5.41 Å². The molecule has 0 spiro atoms. The Morgan fingerprint density at radius 3 is 2.45 bits per heavy atom. The van der Waals surface area contributed by atoms with Crippen molar-refractivity contribution >= 4 is 22.5 Å². The second-order valence-electron chi connectivity index (χ2n) is 6.92. The van der Waals surface area contributed by atoms with Gasteiger partial charge in [-0.25, -0.2) is 4.98 Å². The Morgan fingerprint density at radius 1 is 1.09 bits per heavy atom. The van der Waals surface area contributed by atoms with E-state index in [0.717, 1.165) is 0 Å². The van der Waals surface area contributed by atoms with Crippen LogP contribution in [-0.4, -0.2) is 9.97 Å². The van der Waals surface area contributed by atoms with Gasteiger partial charge in [0.15, 0.2) is 0 Å². The van der Waals surface area contributed by atoms with Gasteiger partial charge in [-0.1, -0.05) is 56.6 Å². The Kier molecular flexibility index (Phi) is 3.73. The third-order valence-corrected chi connectivity index (χ3v) is 4.41. The Bertz CT molecular complexity index is 794. The van der Waals surface area contributed by atoms with E-state index in [1.165, 1.54) is 27.7 Å². The van der Waals surface area contributed by atoms with Crippen LogP contribution in [-0.2, 0) is 0 Å². The standard InChI is InChI=1S/C19H21ClN2/c1-12-17(14-7-5-6-8-15(14)22-12)18(19(2,3)4)13-9-10-16(20)21-11-13/h5-11,18,22H,1-4H3. The molecule has 22 heavy (non-hydrogen) atoms. The summed E-state index contributed by atoms with van der Waals surface area (Å²) in [6.45, 7) is 8.96. The van der Waals surface area contributed by atoms with E-state index in [1.807, 2.05) is 12.3 Å². The molecule has 0 amide bonds. The van der Waals surface area contributed by atoms with Gasteiger partial charge in [0, 0.05) is 28.7 Å². The maximum Gasteiger partial charge on any atom is 0.129 e. The average Bonchev–Trinajstić information content (AvgIpc) is 2.77. The van der Waals surface area contributed by atoms with E-state index in [9.17, 15) is 0 Å². The van der Waals surface area contributed by atoms with Crippen molar-refractivity contribution in [1.29, 1.82) is 0 Å². The van der Waals surface area contributed by atoms with Crippen molar-refractivity contribution in [3.05, 3.63) is 64.6 Å². The van der Waals surface area contributed by atoms with Crippen molar-refractivity contribution in [3.8, 4) is 0 Å². The van der Waals surface area contributed by atoms with Crippen LogP contribution in [0.2, 0.25) is 5.15 Å². The molecule has 0 saturated carbocycles. The molecule has 0 aliphatic heterocycles. The van der Waals surface area contributed by atoms with Crippen molar-refractivity contribution in [2.75, 3.05) is 0 Å². The van der Waals surface area contributed by atoms with Crippen molar-refractivity contribution < 1.29 is 0 Å². The van der Waals surface area contributed by atoms with Gasteiger partial charge in [0.2, 0.25) is 0 Å². The van der Waals surface area contributed by atoms with Crippen LogP contribution in [0, 0.1) is 12.3 Å². The van der Waals surface area contributed by atoms with E-state index in [1.54, 1.807) is 0 Å². The smallest absolute Gasteiger partial charge is 0.129 e. The lowest BCUT2D eigenvalue weighted by Gasteiger charge is -2.31. The minimum atomic E-state index is 0.0746. The van der Waals surface area contributed by atoms with Gasteiger partial charge in [-0.3, -0.25) is 0 Å². The zero-order valence-corrected chi connectivity index (χ0v) is 14.2. The monoisotopic (exact) mass is 312 g/mol. The lowest BCUT2D eigenvalue weighted by atomic mass is 9.72. The minimum Gasteiger partial charge on any atom is -0.358 e. The fraction of sp³-hybridized carbons (Fsp3) is 0.316. The summed E-state index contributed by atoms with van der Waals surface area (Å²) in [5, 5.41) is 1.82. The molecule has 0 bridgehead atoms. The molecule has 0 aliphatic carbocycles. The number of fused-ring (bicyclic) bond motifs is 1. The zero-order valence-electron chi connectivity index (χ0n) is 13.4. The summed E-state index contributed by atoms with van der Waals surface area (Å²) in [7, 11) is 0. The normalized spacial score (nSPS) is 13.5. The van der Waals surface area contributed by atoms with Gasteiger partial charge >= 0.3 is 0 Å². The first-order valence-corrected chi connectivity index (χ1v) is 7.94. The molecule has 0 radical (unpaired) electrons. The number of nitrogens with one attached hydrogen (secondary N) is 1. The highest BCUT2D eigenvalue weighted by Crippen LogP contribution is 2.44. The molecular weight excluding hydrogens is 292 g/mol. The van der Waals surface area contributed by atoms with Crippen LogP contribution in [0.1, 0.15) is 43.5 Å². The number of halogens is 1. The molecule has 1 aromatic carbocycles. The molecule has 2 aromatic heterocycles. The Morgan fingerprint density at radius 2 is 1.82 bits per heavy atom. The molecule has 0 saturated heterocycles. The number of rotatable bonds is 2. The maximum absolute atomic E-state index is 5.96. The summed E-state index contributed by atoms with van der Waals surface area (Å²) >= 11 is 5.96. The fourth-order valence-electron chi connectivity index (χ4n) is 3.33. The number of benzene rings is 1. The first kappa shape index (κ1) is 15.1. The Labute approximate surface area is 136 Å². The quantitative estimate of drug-likeness (QED) is 0.604. The van der Waals surface area contributed by atoms with Crippen LogP contribution >= 0.6 is 11.6 Å². The van der Waals surface area contributed by atoms with Crippen LogP contribution < -0.4 is 0 Å². The van der Waals surface area contributed by atoms with Crippen LogP contribution in [0.25, 0.3) is 10.9 Å². The highest BCUT2D eigenvalue weighted by Gasteiger charge is 2.31. The molecule has 1 unspecified atom stereocenters. The van der Waals surface area contributed by atoms with Gasteiger partial charge in [0.25, 0.3) is 0 Å². The minimum absolute atomic E-state index is 0.0746. The molecule has 1 N–H and O–H groups in total. The molecular formula is C19H21ClN2. The highest BCUT2D eigenvalue weighted by molar-refractivity contribution is 6.29. The molecule has 1 atom stereocenters. The summed E-state index contributed by atoms with van der Waals surface area (Å²) in [6, 6.07) is 12.4. The summed E-state index contributed by atoms with van der Waals surface area (Å²) in [6.07, 6.45) is 1.90. The predicted molar refractivity (Wildman–Crippen MR) is 93.6 cm³/mol. The molecule has 2 nitrogen and oxygen atoms in total. The lowest BCUT2D eigenvalue weighted by molar-refractivity contribution is 0.358. The van der Waals surface area contributed by atoms with Gasteiger partial charge in [-0.05, 0) is 35.6 Å². The van der Waals surface area contributed by atoms with E-state index in [0.29, 0.717) is 5.15 Å². The number of H-pyrrole nitrogens is 1. The molecule has 0 aliphatic rings. The number of aromatic nitrogens is 2. The molecule has 3 rings (SSSR count). The average molecular weight is 313 g/mol. The number of aryl methyl sites for hydroxylation is 1. The van der Waals surface area contributed by atoms with Gasteiger partial charge in [-0.15, -0.1) is 0 Å². The highest BCUT2D eigenvalue weighted by atomic mass is 35.5. The molecule has 0 fully saturated rings. The number of hydrogen-bond donors (Lipinski definition) is 1. The number of para-hydroxylation sites is 1. The Hall–Kier alpha value is -1.80. The van der Waals surface area contributed by atoms with Gasteiger partial charge in [0.05, 0.1) is 0 Å². The zero-order chi connectivity index (χ0) is 15.9. The number of aromatic amines is 1. The van der Waals surface area contributed by atoms with Crippen molar-refractivity contribution in [3.63, 3.8) is 0 Å². The topological polar surface area (TPSA) is 28.7 Å². The van der Waals surface area contributed by atoms with Crippen LogP contribution in [0.15, 0.2) is 42.6 Å². The third-order valence-electron chi connectivity index (χ3n) is 4.18. The van der Waals surface area contributed by atoms with Crippen LogP contribution in [0.3, 0.4) is 0 Å². The van der Waals surface area contributed by atoms with E-state index in [4.69, 9.17) is 11.6 Å². The largest absolute Gasteiger partial charge is 0.358 e. The lowest BCUT2D eigenvalue weighted by Crippen LogP contribution is -2.20. The van der Waals surface area contributed by atoms with Gasteiger partial charge < -0.3 is 4.98 Å². The van der Waals surface area contributed by atoms with E-state index in [-0.39, 0.29) is 11.3 Å². The third kappa shape index (κ3) is 2.64. The number of hydrogen-bond acceptors (Lipinski definition) is 1.